The highest BCUT2D eigenvalue weighted by Gasteiger charge is 2.54. The summed E-state index contributed by atoms with van der Waals surface area (Å²) in [5, 5.41) is 31.4. The number of carbonyl (C=O) groups excluding carboxylic acids is 1. The van der Waals surface area contributed by atoms with E-state index in [2.05, 4.69) is 15.5 Å². The van der Waals surface area contributed by atoms with Gasteiger partial charge in [-0.25, -0.2) is 0 Å². The Labute approximate surface area is 155 Å². The molecule has 0 unspecified atom stereocenters. The molecule has 1 aromatic heterocycles. The number of nitrogens with one attached hydrogen (secondary N) is 1. The van der Waals surface area contributed by atoms with E-state index in [0.29, 0.717) is 15.7 Å². The van der Waals surface area contributed by atoms with Crippen LogP contribution in [-0.2, 0) is 4.79 Å². The molecule has 0 saturated heterocycles. The molecule has 4 aliphatic rings. The first-order valence-corrected chi connectivity index (χ1v) is 10.00. The molecule has 1 heterocycles. The number of benzene rings is 1. The number of nitrogens with zero attached hydrogens (tertiary/aromatic N) is 2. The van der Waals surface area contributed by atoms with Crippen molar-refractivity contribution < 1.29 is 15.0 Å². The lowest BCUT2D eigenvalue weighted by molar-refractivity contribution is -0.140. The van der Waals surface area contributed by atoms with Crippen molar-refractivity contribution in [2.45, 2.75) is 38.5 Å². The highest BCUT2D eigenvalue weighted by atomic mass is 32.1. The number of anilines is 1. The maximum absolute atomic E-state index is 13.1. The van der Waals surface area contributed by atoms with Crippen LogP contribution in [-0.4, -0.2) is 26.3 Å². The Kier molecular flexibility index (Phi) is 3.50. The zero-order chi connectivity index (χ0) is 17.9. The number of phenolic OH excluding ortho intramolecular Hbond substituents is 2. The van der Waals surface area contributed by atoms with Crippen LogP contribution in [0.1, 0.15) is 38.5 Å². The van der Waals surface area contributed by atoms with Gasteiger partial charge in [-0.05, 0) is 74.5 Å². The molecule has 1 aromatic carbocycles. The molecular weight excluding hydrogens is 350 g/mol. The van der Waals surface area contributed by atoms with Gasteiger partial charge < -0.3 is 15.5 Å². The van der Waals surface area contributed by atoms with E-state index in [1.54, 1.807) is 6.07 Å². The summed E-state index contributed by atoms with van der Waals surface area (Å²) >= 11 is 1.29. The van der Waals surface area contributed by atoms with Crippen LogP contribution in [0.4, 0.5) is 5.13 Å². The standard InChI is InChI=1S/C19H21N3O3S/c23-14-2-1-13(6-15(14)24)16-21-22-18(26-16)20-17(25)19-7-10-3-11(8-19)5-12(4-10)9-19/h1-2,6,10-12,23-24H,3-5,7-9H2,(H,20,22,25). The van der Waals surface area contributed by atoms with Crippen molar-refractivity contribution >= 4 is 22.4 Å². The Balaban J connectivity index is 1.35. The van der Waals surface area contributed by atoms with Crippen molar-refractivity contribution in [3.8, 4) is 22.1 Å². The topological polar surface area (TPSA) is 95.3 Å². The maximum atomic E-state index is 13.1. The van der Waals surface area contributed by atoms with Gasteiger partial charge in [0, 0.05) is 5.56 Å². The number of phenols is 2. The third kappa shape index (κ3) is 2.57. The van der Waals surface area contributed by atoms with Crippen LogP contribution >= 0.6 is 11.3 Å². The largest absolute Gasteiger partial charge is 0.504 e. The van der Waals surface area contributed by atoms with Crippen LogP contribution in [0.15, 0.2) is 18.2 Å². The number of carbonyl (C=O) groups is 1. The lowest BCUT2D eigenvalue weighted by Gasteiger charge is -2.55. The first-order valence-electron chi connectivity index (χ1n) is 9.18. The molecule has 6 nitrogen and oxygen atoms in total. The zero-order valence-corrected chi connectivity index (χ0v) is 15.1. The van der Waals surface area contributed by atoms with Gasteiger partial charge in [-0.1, -0.05) is 11.3 Å². The number of aromatic hydroxyl groups is 2. The van der Waals surface area contributed by atoms with E-state index in [-0.39, 0.29) is 22.8 Å². The molecule has 4 aliphatic carbocycles. The Hall–Kier alpha value is -2.15. The van der Waals surface area contributed by atoms with E-state index in [4.69, 9.17) is 0 Å². The molecule has 0 spiro atoms. The van der Waals surface area contributed by atoms with Gasteiger partial charge in [-0.2, -0.15) is 0 Å². The second-order valence-corrected chi connectivity index (χ2v) is 9.25. The molecule has 4 bridgehead atoms. The molecule has 0 aliphatic heterocycles. The monoisotopic (exact) mass is 371 g/mol. The van der Waals surface area contributed by atoms with Crippen LogP contribution in [0.5, 0.6) is 11.5 Å². The number of rotatable bonds is 3. The van der Waals surface area contributed by atoms with Gasteiger partial charge in [0.2, 0.25) is 11.0 Å². The quantitative estimate of drug-likeness (QED) is 0.714. The molecular formula is C19H21N3O3S. The fourth-order valence-corrected chi connectivity index (χ4v) is 6.40. The molecule has 0 atom stereocenters. The van der Waals surface area contributed by atoms with E-state index in [9.17, 15) is 15.0 Å². The second-order valence-electron chi connectivity index (χ2n) is 8.27. The SMILES string of the molecule is O=C(Nc1nnc(-c2ccc(O)c(O)c2)s1)C12CC3CC(CC(C3)C1)C2. The fraction of sp³-hybridized carbons (Fsp3) is 0.526. The van der Waals surface area contributed by atoms with Crippen molar-refractivity contribution in [1.82, 2.24) is 10.2 Å². The minimum atomic E-state index is -0.211. The van der Waals surface area contributed by atoms with Crippen molar-refractivity contribution in [3.63, 3.8) is 0 Å². The molecule has 4 saturated carbocycles. The highest BCUT2D eigenvalue weighted by molar-refractivity contribution is 7.18. The van der Waals surface area contributed by atoms with Gasteiger partial charge in [-0.3, -0.25) is 4.79 Å². The van der Waals surface area contributed by atoms with Crippen LogP contribution in [0.3, 0.4) is 0 Å². The van der Waals surface area contributed by atoms with Crippen molar-refractivity contribution in [1.29, 1.82) is 0 Å². The third-order valence-electron chi connectivity index (χ3n) is 6.39. The van der Waals surface area contributed by atoms with E-state index in [0.717, 1.165) is 37.0 Å². The van der Waals surface area contributed by atoms with Gasteiger partial charge >= 0.3 is 0 Å². The highest BCUT2D eigenvalue weighted by Crippen LogP contribution is 2.60. The zero-order valence-electron chi connectivity index (χ0n) is 14.3. The van der Waals surface area contributed by atoms with E-state index >= 15 is 0 Å². The van der Waals surface area contributed by atoms with E-state index < -0.39 is 0 Å². The van der Waals surface area contributed by atoms with E-state index in [1.165, 1.54) is 42.7 Å². The van der Waals surface area contributed by atoms with Gasteiger partial charge in [-0.15, -0.1) is 10.2 Å². The van der Waals surface area contributed by atoms with Crippen LogP contribution in [0.25, 0.3) is 10.6 Å². The van der Waals surface area contributed by atoms with Crippen LogP contribution in [0.2, 0.25) is 0 Å². The lowest BCUT2D eigenvalue weighted by Crippen LogP contribution is -2.51. The number of hydrogen-bond donors (Lipinski definition) is 3. The Morgan fingerprint density at radius 2 is 1.69 bits per heavy atom. The van der Waals surface area contributed by atoms with Crippen molar-refractivity contribution in [2.75, 3.05) is 5.32 Å². The molecule has 2 aromatic rings. The first-order chi connectivity index (χ1) is 12.5. The smallest absolute Gasteiger partial charge is 0.232 e. The maximum Gasteiger partial charge on any atom is 0.232 e. The summed E-state index contributed by atoms with van der Waals surface area (Å²) in [5.74, 6) is 1.89. The second kappa shape index (κ2) is 5.67. The predicted molar refractivity (Wildman–Crippen MR) is 97.9 cm³/mol. The molecule has 7 heteroatoms. The summed E-state index contributed by atoms with van der Waals surface area (Å²) in [5.41, 5.74) is 0.449. The summed E-state index contributed by atoms with van der Waals surface area (Å²) < 4.78 is 0. The van der Waals surface area contributed by atoms with Gasteiger partial charge in [0.1, 0.15) is 5.01 Å². The van der Waals surface area contributed by atoms with Gasteiger partial charge in [0.15, 0.2) is 11.5 Å². The molecule has 0 radical (unpaired) electrons. The summed E-state index contributed by atoms with van der Waals surface area (Å²) in [7, 11) is 0. The van der Waals surface area contributed by atoms with Crippen LogP contribution in [0, 0.1) is 23.2 Å². The molecule has 4 fully saturated rings. The van der Waals surface area contributed by atoms with Gasteiger partial charge in [0.25, 0.3) is 0 Å². The fourth-order valence-electron chi connectivity index (χ4n) is 5.67. The summed E-state index contributed by atoms with van der Waals surface area (Å²) in [6.45, 7) is 0. The summed E-state index contributed by atoms with van der Waals surface area (Å²) in [6.07, 6.45) is 6.96. The Morgan fingerprint density at radius 3 is 2.31 bits per heavy atom. The molecule has 26 heavy (non-hydrogen) atoms. The number of hydrogen-bond acceptors (Lipinski definition) is 6. The molecule has 3 N–H and O–H groups in total. The average Bonchev–Trinajstić information content (AvgIpc) is 3.04. The Morgan fingerprint density at radius 1 is 1.04 bits per heavy atom. The van der Waals surface area contributed by atoms with Gasteiger partial charge in [0.05, 0.1) is 5.41 Å². The summed E-state index contributed by atoms with van der Waals surface area (Å²) in [6, 6.07) is 4.53. The normalized spacial score (nSPS) is 31.9. The number of aromatic nitrogens is 2. The van der Waals surface area contributed by atoms with Crippen LogP contribution < -0.4 is 5.32 Å². The number of amides is 1. The average molecular weight is 371 g/mol. The molecule has 6 rings (SSSR count). The third-order valence-corrected chi connectivity index (χ3v) is 7.28. The Bertz CT molecular complexity index is 843. The van der Waals surface area contributed by atoms with Crippen molar-refractivity contribution in [2.24, 2.45) is 23.2 Å². The minimum Gasteiger partial charge on any atom is -0.504 e. The minimum absolute atomic E-state index is 0.104. The summed E-state index contributed by atoms with van der Waals surface area (Å²) in [4.78, 5) is 13.1. The molecule has 136 valence electrons. The van der Waals surface area contributed by atoms with Crippen molar-refractivity contribution in [3.05, 3.63) is 18.2 Å². The lowest BCUT2D eigenvalue weighted by atomic mass is 9.49. The predicted octanol–water partition coefficient (Wildman–Crippen LogP) is 3.77. The molecule has 1 amide bonds. The first kappa shape index (κ1) is 16.1. The van der Waals surface area contributed by atoms with E-state index in [1.807, 2.05) is 0 Å².